The molecule has 0 aromatic carbocycles. The molecule has 1 fully saturated rings. The first kappa shape index (κ1) is 17.7. The third kappa shape index (κ3) is 4.70. The largest absolute Gasteiger partial charge is 0.481 e. The van der Waals surface area contributed by atoms with Gasteiger partial charge in [0.1, 0.15) is 5.82 Å². The van der Waals surface area contributed by atoms with Crippen LogP contribution in [0.2, 0.25) is 0 Å². The van der Waals surface area contributed by atoms with Crippen LogP contribution in [0.3, 0.4) is 0 Å². The van der Waals surface area contributed by atoms with Crippen molar-refractivity contribution in [3.63, 3.8) is 0 Å². The minimum Gasteiger partial charge on any atom is -0.481 e. The van der Waals surface area contributed by atoms with Gasteiger partial charge in [-0.1, -0.05) is 18.7 Å². The number of hydrogen-bond donors (Lipinski definition) is 1. The second-order valence-electron chi connectivity index (χ2n) is 5.70. The summed E-state index contributed by atoms with van der Waals surface area (Å²) in [5.41, 5.74) is 6.89. The van der Waals surface area contributed by atoms with Gasteiger partial charge < -0.3 is 15.4 Å². The Hall–Kier alpha value is -2.13. The number of hydrogen-bond acceptors (Lipinski definition) is 9. The molecule has 0 unspecified atom stereocenters. The molecule has 8 nitrogen and oxygen atoms in total. The molecule has 9 heteroatoms. The first-order valence-electron chi connectivity index (χ1n) is 8.27. The van der Waals surface area contributed by atoms with Crippen LogP contribution in [0.4, 0.5) is 11.8 Å². The summed E-state index contributed by atoms with van der Waals surface area (Å²) >= 11 is 1.66. The van der Waals surface area contributed by atoms with E-state index in [0.717, 1.165) is 55.0 Å². The minimum atomic E-state index is 0.235. The second-order valence-corrected chi connectivity index (χ2v) is 6.93. The maximum absolute atomic E-state index is 5.75. The Morgan fingerprint density at radius 1 is 1.16 bits per heavy atom. The summed E-state index contributed by atoms with van der Waals surface area (Å²) in [6.07, 6.45) is 3.85. The van der Waals surface area contributed by atoms with E-state index in [0.29, 0.717) is 5.88 Å². The lowest BCUT2D eigenvalue weighted by atomic mass is 10.2. The van der Waals surface area contributed by atoms with Gasteiger partial charge in [0.2, 0.25) is 11.8 Å². The summed E-state index contributed by atoms with van der Waals surface area (Å²) in [5, 5.41) is 0.839. The number of rotatable bonds is 6. The maximum Gasteiger partial charge on any atom is 0.225 e. The van der Waals surface area contributed by atoms with Crippen molar-refractivity contribution in [2.45, 2.75) is 18.6 Å². The normalized spacial score (nSPS) is 15.4. The number of aromatic nitrogens is 4. The van der Waals surface area contributed by atoms with Crippen molar-refractivity contribution in [2.75, 3.05) is 49.7 Å². The molecule has 0 bridgehead atoms. The summed E-state index contributed by atoms with van der Waals surface area (Å²) in [6.45, 7) is 6.60. The van der Waals surface area contributed by atoms with Crippen LogP contribution in [-0.4, -0.2) is 63.9 Å². The van der Waals surface area contributed by atoms with Gasteiger partial charge in [0.25, 0.3) is 0 Å². The molecule has 2 N–H and O–H groups in total. The van der Waals surface area contributed by atoms with Crippen molar-refractivity contribution >= 4 is 23.5 Å². The van der Waals surface area contributed by atoms with Crippen molar-refractivity contribution in [3.05, 3.63) is 24.0 Å². The number of ether oxygens (including phenoxy) is 1. The lowest BCUT2D eigenvalue weighted by molar-refractivity contribution is 0.248. The molecule has 3 rings (SSSR count). The summed E-state index contributed by atoms with van der Waals surface area (Å²) in [7, 11) is 1.58. The number of nitrogens with two attached hydrogens (primary N) is 1. The molecular formula is C16H23N7OS. The fourth-order valence-electron chi connectivity index (χ4n) is 2.72. The molecule has 0 spiro atoms. The SMILES string of the molecule is CCSc1ncc(CN2CCN(c3cc(OC)nc(N)n3)CC2)cn1. The van der Waals surface area contributed by atoms with E-state index in [1.54, 1.807) is 18.9 Å². The second kappa shape index (κ2) is 8.30. The Balaban J connectivity index is 1.55. The van der Waals surface area contributed by atoms with E-state index in [4.69, 9.17) is 10.5 Å². The van der Waals surface area contributed by atoms with Gasteiger partial charge in [-0.3, -0.25) is 4.90 Å². The first-order valence-corrected chi connectivity index (χ1v) is 9.26. The van der Waals surface area contributed by atoms with E-state index >= 15 is 0 Å². The van der Waals surface area contributed by atoms with Crippen LogP contribution in [0.1, 0.15) is 12.5 Å². The molecule has 1 aliphatic heterocycles. The zero-order valence-electron chi connectivity index (χ0n) is 14.6. The molecule has 0 saturated carbocycles. The van der Waals surface area contributed by atoms with Crippen LogP contribution in [-0.2, 0) is 6.54 Å². The van der Waals surface area contributed by atoms with Gasteiger partial charge in [0.15, 0.2) is 5.16 Å². The topological polar surface area (TPSA) is 93.3 Å². The Morgan fingerprint density at radius 2 is 1.88 bits per heavy atom. The van der Waals surface area contributed by atoms with Crippen molar-refractivity contribution in [1.29, 1.82) is 0 Å². The molecule has 0 atom stereocenters. The number of thioether (sulfide) groups is 1. The molecule has 134 valence electrons. The molecule has 2 aromatic heterocycles. The zero-order chi connectivity index (χ0) is 17.6. The smallest absolute Gasteiger partial charge is 0.225 e. The lowest BCUT2D eigenvalue weighted by Crippen LogP contribution is -2.46. The van der Waals surface area contributed by atoms with Gasteiger partial charge in [-0.2, -0.15) is 9.97 Å². The highest BCUT2D eigenvalue weighted by atomic mass is 32.2. The van der Waals surface area contributed by atoms with Crippen molar-refractivity contribution in [2.24, 2.45) is 0 Å². The van der Waals surface area contributed by atoms with Crippen molar-refractivity contribution < 1.29 is 4.74 Å². The molecule has 1 saturated heterocycles. The molecule has 1 aliphatic rings. The number of nitrogens with zero attached hydrogens (tertiary/aromatic N) is 6. The van der Waals surface area contributed by atoms with E-state index in [1.165, 1.54) is 0 Å². The average molecular weight is 361 g/mol. The summed E-state index contributed by atoms with van der Waals surface area (Å²) in [5.74, 6) is 2.53. The van der Waals surface area contributed by atoms with E-state index in [-0.39, 0.29) is 5.95 Å². The van der Waals surface area contributed by atoms with Crippen molar-refractivity contribution in [3.8, 4) is 5.88 Å². The highest BCUT2D eigenvalue weighted by Crippen LogP contribution is 2.20. The van der Waals surface area contributed by atoms with E-state index in [1.807, 2.05) is 18.5 Å². The summed E-state index contributed by atoms with van der Waals surface area (Å²) < 4.78 is 5.17. The standard InChI is InChI=1S/C16H23N7OS/c1-3-25-16-18-9-12(10-19-16)11-22-4-6-23(7-5-22)13-8-14(24-2)21-15(17)20-13/h8-10H,3-7,11H2,1-2H3,(H2,17,20,21). The minimum absolute atomic E-state index is 0.235. The van der Waals surface area contributed by atoms with Crippen LogP contribution >= 0.6 is 11.8 Å². The summed E-state index contributed by atoms with van der Waals surface area (Å²) in [4.78, 5) is 21.7. The molecular weight excluding hydrogens is 338 g/mol. The van der Waals surface area contributed by atoms with Gasteiger partial charge >= 0.3 is 0 Å². The zero-order valence-corrected chi connectivity index (χ0v) is 15.4. The fraction of sp³-hybridized carbons (Fsp3) is 0.500. The Bertz CT molecular complexity index is 689. The third-order valence-electron chi connectivity index (χ3n) is 3.97. The first-order chi connectivity index (χ1) is 12.2. The lowest BCUT2D eigenvalue weighted by Gasteiger charge is -2.35. The number of anilines is 2. The fourth-order valence-corrected chi connectivity index (χ4v) is 3.23. The monoisotopic (exact) mass is 361 g/mol. The summed E-state index contributed by atoms with van der Waals surface area (Å²) in [6, 6.07) is 1.82. The van der Waals surface area contributed by atoms with Crippen LogP contribution < -0.4 is 15.4 Å². The van der Waals surface area contributed by atoms with Gasteiger partial charge in [0, 0.05) is 56.7 Å². The molecule has 2 aromatic rings. The Morgan fingerprint density at radius 3 is 2.52 bits per heavy atom. The van der Waals surface area contributed by atoms with E-state index < -0.39 is 0 Å². The number of piperazine rings is 1. The van der Waals surface area contributed by atoms with E-state index in [2.05, 4.69) is 36.7 Å². The van der Waals surface area contributed by atoms with Crippen LogP contribution in [0.5, 0.6) is 5.88 Å². The average Bonchev–Trinajstić information content (AvgIpc) is 2.63. The van der Waals surface area contributed by atoms with Crippen molar-refractivity contribution in [1.82, 2.24) is 24.8 Å². The van der Waals surface area contributed by atoms with Crippen LogP contribution in [0.15, 0.2) is 23.6 Å². The van der Waals surface area contributed by atoms with Gasteiger partial charge in [-0.05, 0) is 5.75 Å². The molecule has 0 aliphatic carbocycles. The molecule has 3 heterocycles. The molecule has 0 radical (unpaired) electrons. The van der Waals surface area contributed by atoms with Gasteiger partial charge in [-0.25, -0.2) is 9.97 Å². The van der Waals surface area contributed by atoms with Gasteiger partial charge in [-0.15, -0.1) is 0 Å². The van der Waals surface area contributed by atoms with E-state index in [9.17, 15) is 0 Å². The molecule has 25 heavy (non-hydrogen) atoms. The maximum atomic E-state index is 5.75. The third-order valence-corrected chi connectivity index (χ3v) is 4.73. The predicted octanol–water partition coefficient (Wildman–Crippen LogP) is 1.29. The number of nitrogen functional groups attached to an aromatic ring is 1. The van der Waals surface area contributed by atoms with Gasteiger partial charge in [0.05, 0.1) is 7.11 Å². The predicted molar refractivity (Wildman–Crippen MR) is 98.9 cm³/mol. The highest BCUT2D eigenvalue weighted by molar-refractivity contribution is 7.99. The number of methoxy groups -OCH3 is 1. The quantitative estimate of drug-likeness (QED) is 0.603. The highest BCUT2D eigenvalue weighted by Gasteiger charge is 2.19. The Labute approximate surface area is 151 Å². The van der Waals surface area contributed by atoms with Crippen LogP contribution in [0.25, 0.3) is 0 Å². The van der Waals surface area contributed by atoms with Crippen LogP contribution in [0, 0.1) is 0 Å². The molecule has 0 amide bonds. The Kier molecular flexibility index (Phi) is 5.87.